The lowest BCUT2D eigenvalue weighted by Gasteiger charge is -2.37. The molecule has 0 radical (unpaired) electrons. The molecule has 0 N–H and O–H groups in total. The molecule has 0 aromatic carbocycles. The van der Waals surface area contributed by atoms with Gasteiger partial charge in [-0.2, -0.15) is 0 Å². The summed E-state index contributed by atoms with van der Waals surface area (Å²) in [6.07, 6.45) is 12.2. The predicted molar refractivity (Wildman–Crippen MR) is 103 cm³/mol. The summed E-state index contributed by atoms with van der Waals surface area (Å²) in [7, 11) is 1.67. The van der Waals surface area contributed by atoms with E-state index < -0.39 is 0 Å². The molecule has 0 aliphatic heterocycles. The van der Waals surface area contributed by atoms with E-state index in [0.717, 1.165) is 25.7 Å². The van der Waals surface area contributed by atoms with Crippen LogP contribution in [-0.4, -0.2) is 53.0 Å². The van der Waals surface area contributed by atoms with E-state index in [1.54, 1.807) is 59.9 Å². The van der Waals surface area contributed by atoms with Crippen molar-refractivity contribution in [3.05, 3.63) is 54.9 Å². The summed E-state index contributed by atoms with van der Waals surface area (Å²) >= 11 is 0. The number of pyridine rings is 1. The third-order valence-corrected chi connectivity index (χ3v) is 4.82. The summed E-state index contributed by atoms with van der Waals surface area (Å²) in [5.41, 5.74) is 1.27. The van der Waals surface area contributed by atoms with E-state index in [2.05, 4.69) is 16.5 Å². The van der Waals surface area contributed by atoms with Crippen molar-refractivity contribution in [2.24, 2.45) is 0 Å². The largest absolute Gasteiger partial charge is 0.382 e. The first-order chi connectivity index (χ1) is 13.2. The van der Waals surface area contributed by atoms with Crippen molar-refractivity contribution in [2.75, 3.05) is 25.3 Å². The SMILES string of the molecule is C=Cc1cc(C(=O)N(C2CCC(OCCOC)CC2)n2ccnc2)ccn1. The van der Waals surface area contributed by atoms with E-state index in [1.165, 1.54) is 0 Å². The molecule has 0 spiro atoms. The number of amides is 1. The van der Waals surface area contributed by atoms with Crippen molar-refractivity contribution in [3.8, 4) is 0 Å². The lowest BCUT2D eigenvalue weighted by atomic mass is 9.92. The summed E-state index contributed by atoms with van der Waals surface area (Å²) in [6, 6.07) is 3.59. The fourth-order valence-corrected chi connectivity index (χ4v) is 3.42. The molecule has 7 heteroatoms. The highest BCUT2D eigenvalue weighted by atomic mass is 16.5. The monoisotopic (exact) mass is 370 g/mol. The second-order valence-corrected chi connectivity index (χ2v) is 6.56. The number of imidazole rings is 1. The van der Waals surface area contributed by atoms with Crippen molar-refractivity contribution in [1.29, 1.82) is 0 Å². The zero-order chi connectivity index (χ0) is 19.1. The Bertz CT molecular complexity index is 739. The third-order valence-electron chi connectivity index (χ3n) is 4.82. The first-order valence-electron chi connectivity index (χ1n) is 9.23. The minimum absolute atomic E-state index is 0.0674. The van der Waals surface area contributed by atoms with Crippen molar-refractivity contribution < 1.29 is 14.3 Å². The first kappa shape index (κ1) is 19.3. The van der Waals surface area contributed by atoms with E-state index in [9.17, 15) is 4.79 Å². The van der Waals surface area contributed by atoms with E-state index in [0.29, 0.717) is 24.5 Å². The van der Waals surface area contributed by atoms with Gasteiger partial charge in [0.05, 0.1) is 31.1 Å². The molecule has 0 bridgehead atoms. The number of hydrogen-bond acceptors (Lipinski definition) is 5. The van der Waals surface area contributed by atoms with Gasteiger partial charge in [0, 0.05) is 31.3 Å². The second-order valence-electron chi connectivity index (χ2n) is 6.56. The molecule has 2 heterocycles. The maximum Gasteiger partial charge on any atom is 0.273 e. The van der Waals surface area contributed by atoms with Gasteiger partial charge in [0.2, 0.25) is 0 Å². The van der Waals surface area contributed by atoms with Crippen LogP contribution < -0.4 is 5.01 Å². The molecule has 2 aromatic heterocycles. The molecule has 0 unspecified atom stereocenters. The van der Waals surface area contributed by atoms with Gasteiger partial charge in [-0.1, -0.05) is 6.58 Å². The number of ether oxygens (including phenoxy) is 2. The molecule has 1 aliphatic rings. The summed E-state index contributed by atoms with van der Waals surface area (Å²) < 4.78 is 12.7. The van der Waals surface area contributed by atoms with Gasteiger partial charge in [0.15, 0.2) is 0 Å². The fourth-order valence-electron chi connectivity index (χ4n) is 3.42. The summed E-state index contributed by atoms with van der Waals surface area (Å²) in [5.74, 6) is -0.0674. The van der Waals surface area contributed by atoms with Crippen LogP contribution in [0.25, 0.3) is 6.08 Å². The van der Waals surface area contributed by atoms with Crippen molar-refractivity contribution in [2.45, 2.75) is 37.8 Å². The Balaban J connectivity index is 1.73. The predicted octanol–water partition coefficient (Wildman–Crippen LogP) is 2.67. The second kappa shape index (κ2) is 9.43. The van der Waals surface area contributed by atoms with E-state index in [1.807, 2.05) is 0 Å². The lowest BCUT2D eigenvalue weighted by molar-refractivity contribution is -0.00370. The number of nitrogens with zero attached hydrogens (tertiary/aromatic N) is 4. The zero-order valence-electron chi connectivity index (χ0n) is 15.7. The highest BCUT2D eigenvalue weighted by Gasteiger charge is 2.31. The summed E-state index contributed by atoms with van der Waals surface area (Å²) in [5, 5.41) is 1.79. The molecular formula is C20H26N4O3. The Morgan fingerprint density at radius 1 is 1.33 bits per heavy atom. The number of hydrogen-bond donors (Lipinski definition) is 0. The molecule has 3 rings (SSSR count). The van der Waals surface area contributed by atoms with Crippen molar-refractivity contribution in [1.82, 2.24) is 14.6 Å². The standard InChI is InChI=1S/C20H26N4O3/c1-3-17-14-16(8-9-22-17)20(25)24(23-11-10-21-15-23)18-4-6-19(7-5-18)27-13-12-26-2/h3,8-11,14-15,18-19H,1,4-7,12-13H2,2H3. The maximum atomic E-state index is 13.3. The molecule has 0 atom stereocenters. The smallest absolute Gasteiger partial charge is 0.273 e. The molecule has 2 aromatic rings. The Morgan fingerprint density at radius 2 is 2.15 bits per heavy atom. The Kier molecular flexibility index (Phi) is 6.73. The molecule has 1 saturated carbocycles. The van der Waals surface area contributed by atoms with Gasteiger partial charge in [-0.25, -0.2) is 14.7 Å². The first-order valence-corrected chi connectivity index (χ1v) is 9.23. The molecule has 7 nitrogen and oxygen atoms in total. The third kappa shape index (κ3) is 4.81. The highest BCUT2D eigenvalue weighted by molar-refractivity contribution is 6.02. The maximum absolute atomic E-state index is 13.3. The van der Waals surface area contributed by atoms with Gasteiger partial charge in [0.1, 0.15) is 6.33 Å². The van der Waals surface area contributed by atoms with Crippen molar-refractivity contribution in [3.63, 3.8) is 0 Å². The van der Waals surface area contributed by atoms with Gasteiger partial charge < -0.3 is 9.47 Å². The van der Waals surface area contributed by atoms with Crippen LogP contribution >= 0.6 is 0 Å². The Labute approximate surface area is 159 Å². The van der Waals surface area contributed by atoms with Crippen LogP contribution in [0.1, 0.15) is 41.7 Å². The normalized spacial score (nSPS) is 19.6. The van der Waals surface area contributed by atoms with Crippen LogP contribution in [-0.2, 0) is 9.47 Å². The summed E-state index contributed by atoms with van der Waals surface area (Å²) in [6.45, 7) is 4.94. The molecule has 1 amide bonds. The highest BCUT2D eigenvalue weighted by Crippen LogP contribution is 2.26. The fraction of sp³-hybridized carbons (Fsp3) is 0.450. The van der Waals surface area contributed by atoms with Crippen molar-refractivity contribution >= 4 is 12.0 Å². The lowest BCUT2D eigenvalue weighted by Crippen LogP contribution is -2.49. The van der Waals surface area contributed by atoms with E-state index >= 15 is 0 Å². The minimum atomic E-state index is -0.0674. The van der Waals surface area contributed by atoms with Crippen LogP contribution in [0.3, 0.4) is 0 Å². The molecule has 0 saturated heterocycles. The van der Waals surface area contributed by atoms with Crippen LogP contribution in [0.2, 0.25) is 0 Å². The Morgan fingerprint density at radius 3 is 2.81 bits per heavy atom. The number of aromatic nitrogens is 3. The molecular weight excluding hydrogens is 344 g/mol. The zero-order valence-corrected chi connectivity index (χ0v) is 15.7. The molecule has 1 aliphatic carbocycles. The Hall–Kier alpha value is -2.51. The average molecular weight is 370 g/mol. The topological polar surface area (TPSA) is 69.5 Å². The van der Waals surface area contributed by atoms with Crippen LogP contribution in [0, 0.1) is 0 Å². The van der Waals surface area contributed by atoms with E-state index in [-0.39, 0.29) is 18.1 Å². The van der Waals surface area contributed by atoms with Gasteiger partial charge in [-0.05, 0) is 43.9 Å². The van der Waals surface area contributed by atoms with Crippen LogP contribution in [0.15, 0.2) is 43.6 Å². The van der Waals surface area contributed by atoms with Gasteiger partial charge in [-0.3, -0.25) is 9.78 Å². The number of methoxy groups -OCH3 is 1. The molecule has 144 valence electrons. The van der Waals surface area contributed by atoms with Crippen LogP contribution in [0.5, 0.6) is 0 Å². The van der Waals surface area contributed by atoms with Gasteiger partial charge >= 0.3 is 0 Å². The molecule has 27 heavy (non-hydrogen) atoms. The number of carbonyl (C=O) groups is 1. The molecule has 1 fully saturated rings. The number of rotatable bonds is 8. The summed E-state index contributed by atoms with van der Waals surface area (Å²) in [4.78, 5) is 21.6. The van der Waals surface area contributed by atoms with Crippen LogP contribution in [0.4, 0.5) is 0 Å². The minimum Gasteiger partial charge on any atom is -0.382 e. The van der Waals surface area contributed by atoms with Gasteiger partial charge in [0.25, 0.3) is 5.91 Å². The quantitative estimate of drug-likeness (QED) is 0.668. The van der Waals surface area contributed by atoms with Gasteiger partial charge in [-0.15, -0.1) is 0 Å². The average Bonchev–Trinajstić information content (AvgIpc) is 3.24. The number of carbonyl (C=O) groups excluding carboxylic acids is 1. The van der Waals surface area contributed by atoms with E-state index in [4.69, 9.17) is 9.47 Å².